The molecule has 15 heavy (non-hydrogen) atoms. The third kappa shape index (κ3) is 3.83. The molecule has 1 aromatic rings. The van der Waals surface area contributed by atoms with Gasteiger partial charge in [0, 0.05) is 17.6 Å². The van der Waals surface area contributed by atoms with Gasteiger partial charge in [-0.05, 0) is 17.7 Å². The molecule has 1 aromatic carbocycles. The summed E-state index contributed by atoms with van der Waals surface area (Å²) >= 11 is 3.23. The van der Waals surface area contributed by atoms with E-state index >= 15 is 0 Å². The molecule has 0 N–H and O–H groups in total. The highest BCUT2D eigenvalue weighted by molar-refractivity contribution is 9.10. The van der Waals surface area contributed by atoms with Crippen molar-refractivity contribution < 1.29 is 13.2 Å². The van der Waals surface area contributed by atoms with Crippen molar-refractivity contribution in [3.8, 4) is 0 Å². The zero-order valence-corrected chi connectivity index (χ0v) is 9.77. The zero-order valence-electron chi connectivity index (χ0n) is 8.18. The van der Waals surface area contributed by atoms with Crippen LogP contribution in [0.5, 0.6) is 0 Å². The van der Waals surface area contributed by atoms with Crippen LogP contribution in [0.25, 0.3) is 0 Å². The molecule has 0 aliphatic heterocycles. The Hall–Kier alpha value is -0.550. The Morgan fingerprint density at radius 1 is 1.20 bits per heavy atom. The third-order valence-corrected chi connectivity index (χ3v) is 2.56. The maximum atomic E-state index is 12.4. The van der Waals surface area contributed by atoms with E-state index in [1.807, 2.05) is 0 Å². The van der Waals surface area contributed by atoms with Gasteiger partial charge in [-0.1, -0.05) is 35.0 Å². The van der Waals surface area contributed by atoms with Gasteiger partial charge in [-0.2, -0.15) is 13.2 Å². The minimum atomic E-state index is -4.26. The quantitative estimate of drug-likeness (QED) is 0.762. The van der Waals surface area contributed by atoms with E-state index in [2.05, 4.69) is 15.9 Å². The van der Waals surface area contributed by atoms with Crippen LogP contribution < -0.4 is 0 Å². The van der Waals surface area contributed by atoms with Gasteiger partial charge in [0.2, 0.25) is 0 Å². The minimum absolute atomic E-state index is 0.0421. The zero-order chi connectivity index (χ0) is 11.5. The number of hydrogen-bond donors (Lipinski definition) is 0. The van der Waals surface area contributed by atoms with Crippen molar-refractivity contribution in [3.05, 3.63) is 34.3 Å². The predicted octanol–water partition coefficient (Wildman–Crippen LogP) is 3.79. The summed E-state index contributed by atoms with van der Waals surface area (Å²) < 4.78 is 38.1. The number of hydrogen-bond acceptors (Lipinski definition) is 1. The van der Waals surface area contributed by atoms with Gasteiger partial charge in [0.15, 0.2) is 0 Å². The summed E-state index contributed by atoms with van der Waals surface area (Å²) in [6.07, 6.45) is -4.26. The van der Waals surface area contributed by atoms with Crippen molar-refractivity contribution in [3.63, 3.8) is 0 Å². The van der Waals surface area contributed by atoms with E-state index < -0.39 is 6.30 Å². The number of rotatable bonds is 3. The number of nitrogens with zero attached hydrogens (tertiary/aromatic N) is 1. The summed E-state index contributed by atoms with van der Waals surface area (Å²) in [7, 11) is 0. The van der Waals surface area contributed by atoms with Crippen LogP contribution in [0.4, 0.5) is 13.2 Å². The topological polar surface area (TPSA) is 3.24 Å². The Morgan fingerprint density at radius 3 is 2.13 bits per heavy atom. The molecule has 0 fully saturated rings. The lowest BCUT2D eigenvalue weighted by Gasteiger charge is -2.23. The number of halogens is 4. The molecule has 0 saturated carbocycles. The van der Waals surface area contributed by atoms with Gasteiger partial charge in [-0.15, -0.1) is 0 Å². The molecule has 0 spiro atoms. The lowest BCUT2D eigenvalue weighted by atomic mass is 10.2. The summed E-state index contributed by atoms with van der Waals surface area (Å²) in [6, 6.07) is 6.83. The standard InChI is InChI=1S/C10H11BrF3N/c1-2-15(10(12,13)14)7-8-3-5-9(11)6-4-8/h3-6H,2,7H2,1H3. The summed E-state index contributed by atoms with van der Waals surface area (Å²) in [4.78, 5) is 0.468. The van der Waals surface area contributed by atoms with Gasteiger partial charge in [0.05, 0.1) is 0 Å². The fourth-order valence-corrected chi connectivity index (χ4v) is 1.46. The van der Waals surface area contributed by atoms with Crippen LogP contribution in [-0.2, 0) is 6.54 Å². The molecule has 0 radical (unpaired) electrons. The normalized spacial score (nSPS) is 12.1. The van der Waals surface area contributed by atoms with E-state index in [1.165, 1.54) is 6.92 Å². The molecule has 5 heteroatoms. The first-order valence-corrected chi connectivity index (χ1v) is 5.29. The first-order chi connectivity index (χ1) is 6.93. The summed E-state index contributed by atoms with van der Waals surface area (Å²) in [5.74, 6) is 0. The molecule has 0 aliphatic rings. The number of alkyl halides is 3. The summed E-state index contributed by atoms with van der Waals surface area (Å²) in [5.41, 5.74) is 0.650. The van der Waals surface area contributed by atoms with Crippen molar-refractivity contribution in [2.75, 3.05) is 6.54 Å². The van der Waals surface area contributed by atoms with Crippen LogP contribution in [0, 0.1) is 0 Å². The van der Waals surface area contributed by atoms with Crippen LogP contribution in [-0.4, -0.2) is 17.7 Å². The van der Waals surface area contributed by atoms with Crippen molar-refractivity contribution in [2.45, 2.75) is 19.8 Å². The molecule has 0 amide bonds. The van der Waals surface area contributed by atoms with Gasteiger partial charge in [-0.3, -0.25) is 0 Å². The molecule has 0 aromatic heterocycles. The van der Waals surface area contributed by atoms with Gasteiger partial charge >= 0.3 is 6.30 Å². The first kappa shape index (κ1) is 12.5. The molecule has 0 heterocycles. The SMILES string of the molecule is CCN(Cc1ccc(Br)cc1)C(F)(F)F. The highest BCUT2D eigenvalue weighted by atomic mass is 79.9. The summed E-state index contributed by atoms with van der Waals surface area (Å²) in [6.45, 7) is 1.35. The van der Waals surface area contributed by atoms with Crippen molar-refractivity contribution in [2.24, 2.45) is 0 Å². The monoisotopic (exact) mass is 281 g/mol. The van der Waals surface area contributed by atoms with Gasteiger partial charge < -0.3 is 0 Å². The maximum Gasteiger partial charge on any atom is 0.460 e. The lowest BCUT2D eigenvalue weighted by Crippen LogP contribution is -2.37. The van der Waals surface area contributed by atoms with Crippen LogP contribution in [0.3, 0.4) is 0 Å². The molecule has 1 rings (SSSR count). The second kappa shape index (κ2) is 4.99. The van der Waals surface area contributed by atoms with Crippen molar-refractivity contribution >= 4 is 15.9 Å². The highest BCUT2D eigenvalue weighted by Crippen LogP contribution is 2.23. The molecular formula is C10H11BrF3N. The Labute approximate surface area is 95.0 Å². The fraction of sp³-hybridized carbons (Fsp3) is 0.400. The van der Waals surface area contributed by atoms with E-state index in [9.17, 15) is 13.2 Å². The molecule has 1 nitrogen and oxygen atoms in total. The van der Waals surface area contributed by atoms with E-state index in [0.717, 1.165) is 4.47 Å². The summed E-state index contributed by atoms with van der Waals surface area (Å²) in [5, 5.41) is 0. The Kier molecular flexibility index (Phi) is 4.16. The molecule has 0 bridgehead atoms. The highest BCUT2D eigenvalue weighted by Gasteiger charge is 2.35. The first-order valence-electron chi connectivity index (χ1n) is 4.49. The van der Waals surface area contributed by atoms with E-state index in [1.54, 1.807) is 24.3 Å². The molecule has 0 atom stereocenters. The minimum Gasteiger partial charge on any atom is -0.210 e. The van der Waals surface area contributed by atoms with Crippen LogP contribution in [0.2, 0.25) is 0 Å². The van der Waals surface area contributed by atoms with E-state index in [0.29, 0.717) is 10.5 Å². The number of benzene rings is 1. The third-order valence-electron chi connectivity index (χ3n) is 2.03. The van der Waals surface area contributed by atoms with Crippen LogP contribution in [0.15, 0.2) is 28.7 Å². The Balaban J connectivity index is 2.71. The fourth-order valence-electron chi connectivity index (χ4n) is 1.19. The van der Waals surface area contributed by atoms with E-state index in [-0.39, 0.29) is 13.1 Å². The van der Waals surface area contributed by atoms with Crippen LogP contribution in [0.1, 0.15) is 12.5 Å². The van der Waals surface area contributed by atoms with E-state index in [4.69, 9.17) is 0 Å². The van der Waals surface area contributed by atoms with Gasteiger partial charge in [0.25, 0.3) is 0 Å². The molecule has 0 saturated heterocycles. The molecule has 84 valence electrons. The average molecular weight is 282 g/mol. The molecular weight excluding hydrogens is 271 g/mol. The maximum absolute atomic E-state index is 12.4. The predicted molar refractivity (Wildman–Crippen MR) is 56.3 cm³/mol. The van der Waals surface area contributed by atoms with Gasteiger partial charge in [0.1, 0.15) is 0 Å². The lowest BCUT2D eigenvalue weighted by molar-refractivity contribution is -0.247. The molecule has 0 unspecified atom stereocenters. The van der Waals surface area contributed by atoms with Crippen molar-refractivity contribution in [1.82, 2.24) is 4.90 Å². The Morgan fingerprint density at radius 2 is 1.73 bits per heavy atom. The largest absolute Gasteiger partial charge is 0.460 e. The van der Waals surface area contributed by atoms with Crippen LogP contribution >= 0.6 is 15.9 Å². The Bertz CT molecular complexity index is 307. The second-order valence-electron chi connectivity index (χ2n) is 3.11. The molecule has 0 aliphatic carbocycles. The average Bonchev–Trinajstić information content (AvgIpc) is 2.15. The smallest absolute Gasteiger partial charge is 0.210 e. The van der Waals surface area contributed by atoms with Gasteiger partial charge in [-0.25, -0.2) is 4.90 Å². The second-order valence-corrected chi connectivity index (χ2v) is 4.02. The van der Waals surface area contributed by atoms with Crippen molar-refractivity contribution in [1.29, 1.82) is 0 Å².